The van der Waals surface area contributed by atoms with Crippen LogP contribution in [0.4, 0.5) is 8.78 Å². The van der Waals surface area contributed by atoms with Crippen molar-refractivity contribution in [1.82, 2.24) is 9.55 Å². The van der Waals surface area contributed by atoms with E-state index in [1.807, 2.05) is 0 Å². The van der Waals surface area contributed by atoms with Gasteiger partial charge in [0.15, 0.2) is 36.2 Å². The topological polar surface area (TPSA) is 106 Å². The van der Waals surface area contributed by atoms with Crippen LogP contribution in [0.25, 0.3) is 11.0 Å². The Labute approximate surface area is 167 Å². The molecule has 1 fully saturated rings. The average molecular weight is 415 g/mol. The minimum atomic E-state index is -1.51. The zero-order chi connectivity index (χ0) is 23.4. The molecule has 2 heterocycles. The molecule has 3 rings (SSSR count). The Morgan fingerprint density at radius 3 is 2.38 bits per heavy atom. The van der Waals surface area contributed by atoms with Crippen LogP contribution in [0.2, 0.25) is 0 Å². The SMILES string of the molecule is [2H]CC(=O)O[C@@H]1[C@H](OC(=O)C[2H])COC(n2cnc3cc(F)c(F)cc32)[C@@H]1OC(=O)C[2H]. The zero-order valence-corrected chi connectivity index (χ0v) is 14.9. The molecule has 0 N–H and O–H groups in total. The van der Waals surface area contributed by atoms with Crippen LogP contribution in [0, 0.1) is 11.6 Å². The van der Waals surface area contributed by atoms with E-state index in [1.165, 1.54) is 4.57 Å². The van der Waals surface area contributed by atoms with E-state index in [9.17, 15) is 23.2 Å². The van der Waals surface area contributed by atoms with Gasteiger partial charge in [-0.25, -0.2) is 13.8 Å². The summed E-state index contributed by atoms with van der Waals surface area (Å²) >= 11 is 0. The Hall–Kier alpha value is -3.08. The van der Waals surface area contributed by atoms with Gasteiger partial charge in [0, 0.05) is 36.9 Å². The quantitative estimate of drug-likeness (QED) is 0.548. The highest BCUT2D eigenvalue weighted by atomic mass is 19.2. The van der Waals surface area contributed by atoms with Gasteiger partial charge < -0.3 is 18.9 Å². The Kier molecular flexibility index (Phi) is 4.71. The lowest BCUT2D eigenvalue weighted by molar-refractivity contribution is -0.239. The summed E-state index contributed by atoms with van der Waals surface area (Å²) in [6.45, 7) is -2.72. The number of hydrogen-bond donors (Lipinski definition) is 0. The maximum Gasteiger partial charge on any atom is 0.303 e. The first-order valence-electron chi connectivity index (χ1n) is 10.3. The number of aromatic nitrogens is 2. The van der Waals surface area contributed by atoms with E-state index < -0.39 is 74.8 Å². The third kappa shape index (κ3) is 4.34. The summed E-state index contributed by atoms with van der Waals surface area (Å²) in [5, 5.41) is 0. The fourth-order valence-electron chi connectivity index (χ4n) is 3.06. The number of benzene rings is 1. The van der Waals surface area contributed by atoms with Gasteiger partial charge in [-0.15, -0.1) is 0 Å². The van der Waals surface area contributed by atoms with Crippen LogP contribution in [-0.2, 0) is 33.3 Å². The third-order valence-corrected chi connectivity index (χ3v) is 4.11. The van der Waals surface area contributed by atoms with Crippen LogP contribution >= 0.6 is 0 Å². The second-order valence-electron chi connectivity index (χ2n) is 6.07. The van der Waals surface area contributed by atoms with Crippen LogP contribution in [-0.4, -0.2) is 52.4 Å². The van der Waals surface area contributed by atoms with E-state index in [4.69, 9.17) is 23.1 Å². The van der Waals surface area contributed by atoms with Crippen molar-refractivity contribution in [2.24, 2.45) is 0 Å². The van der Waals surface area contributed by atoms with E-state index in [0.29, 0.717) is 0 Å². The molecule has 1 aliphatic heterocycles. The summed E-state index contributed by atoms with van der Waals surface area (Å²) in [7, 11) is 0. The normalized spacial score (nSPS) is 25.5. The van der Waals surface area contributed by atoms with Gasteiger partial charge in [0.05, 0.1) is 24.0 Å². The number of nitrogens with zero attached hydrogens (tertiary/aromatic N) is 2. The first-order chi connectivity index (χ1) is 15.3. The molecule has 0 bridgehead atoms. The molecule has 29 heavy (non-hydrogen) atoms. The molecule has 1 aliphatic rings. The highest BCUT2D eigenvalue weighted by molar-refractivity contribution is 5.75. The van der Waals surface area contributed by atoms with Crippen molar-refractivity contribution in [2.45, 2.75) is 45.2 Å². The molecule has 0 amide bonds. The summed E-state index contributed by atoms with van der Waals surface area (Å²) in [6, 6.07) is 1.70. The summed E-state index contributed by atoms with van der Waals surface area (Å²) in [5.74, 6) is -5.34. The lowest BCUT2D eigenvalue weighted by Gasteiger charge is -2.40. The molecule has 11 heteroatoms. The van der Waals surface area contributed by atoms with Crippen LogP contribution in [0.3, 0.4) is 0 Å². The van der Waals surface area contributed by atoms with Crippen LogP contribution < -0.4 is 0 Å². The number of carbonyl (C=O) groups is 3. The second-order valence-corrected chi connectivity index (χ2v) is 6.07. The minimum absolute atomic E-state index is 0.0560. The number of esters is 3. The number of fused-ring (bicyclic) bond motifs is 1. The number of carbonyl (C=O) groups excluding carboxylic acids is 3. The van der Waals surface area contributed by atoms with E-state index in [1.54, 1.807) is 0 Å². The zero-order valence-electron chi connectivity index (χ0n) is 17.9. The summed E-state index contributed by atoms with van der Waals surface area (Å²) in [6.07, 6.45) is -4.41. The van der Waals surface area contributed by atoms with Crippen molar-refractivity contribution in [3.05, 3.63) is 30.1 Å². The molecule has 2 aromatic rings. The molecule has 0 saturated carbocycles. The van der Waals surface area contributed by atoms with Crippen molar-refractivity contribution in [2.75, 3.05) is 6.61 Å². The third-order valence-electron chi connectivity index (χ3n) is 4.11. The Morgan fingerprint density at radius 1 is 1.07 bits per heavy atom. The van der Waals surface area contributed by atoms with Crippen molar-refractivity contribution in [1.29, 1.82) is 0 Å². The fourth-order valence-corrected chi connectivity index (χ4v) is 3.06. The van der Waals surface area contributed by atoms with Crippen molar-refractivity contribution >= 4 is 28.9 Å². The van der Waals surface area contributed by atoms with Gasteiger partial charge in [0.2, 0.25) is 0 Å². The Bertz CT molecular complexity index is 1020. The van der Waals surface area contributed by atoms with Gasteiger partial charge in [-0.2, -0.15) is 0 Å². The monoisotopic (exact) mass is 415 g/mol. The van der Waals surface area contributed by atoms with E-state index in [2.05, 4.69) is 4.98 Å². The maximum absolute atomic E-state index is 13.8. The predicted molar refractivity (Wildman–Crippen MR) is 91.3 cm³/mol. The fraction of sp³-hybridized carbons (Fsp3) is 0.444. The van der Waals surface area contributed by atoms with Crippen LogP contribution in [0.15, 0.2) is 18.5 Å². The molecular formula is C18H18F2N2O7. The van der Waals surface area contributed by atoms with Gasteiger partial charge in [-0.05, 0) is 0 Å². The second kappa shape index (κ2) is 8.11. The molecule has 1 aromatic heterocycles. The average Bonchev–Trinajstić information content (AvgIpc) is 3.17. The summed E-state index contributed by atoms with van der Waals surface area (Å²) in [4.78, 5) is 39.4. The van der Waals surface area contributed by atoms with Crippen molar-refractivity contribution in [3.63, 3.8) is 0 Å². The van der Waals surface area contributed by atoms with Crippen molar-refractivity contribution < 1.29 is 46.2 Å². The molecule has 0 spiro atoms. The first-order valence-corrected chi connectivity index (χ1v) is 8.18. The smallest absolute Gasteiger partial charge is 0.303 e. The molecule has 1 unspecified atom stereocenters. The Morgan fingerprint density at radius 2 is 1.69 bits per heavy atom. The van der Waals surface area contributed by atoms with Crippen molar-refractivity contribution in [3.8, 4) is 0 Å². The molecular weight excluding hydrogens is 394 g/mol. The lowest BCUT2D eigenvalue weighted by atomic mass is 10.0. The van der Waals surface area contributed by atoms with E-state index in [-0.39, 0.29) is 17.6 Å². The van der Waals surface area contributed by atoms with Crippen LogP contribution in [0.1, 0.15) is 31.0 Å². The van der Waals surface area contributed by atoms with E-state index >= 15 is 0 Å². The highest BCUT2D eigenvalue weighted by Crippen LogP contribution is 2.33. The van der Waals surface area contributed by atoms with Gasteiger partial charge in [0.25, 0.3) is 0 Å². The molecule has 1 saturated heterocycles. The number of imidazole rings is 1. The summed E-state index contributed by atoms with van der Waals surface area (Å²) < 4.78 is 71.3. The number of halogens is 2. The Balaban J connectivity index is 2.05. The predicted octanol–water partition coefficient (Wildman–Crippen LogP) is 1.64. The maximum atomic E-state index is 13.8. The number of hydrogen-bond acceptors (Lipinski definition) is 8. The lowest BCUT2D eigenvalue weighted by Crippen LogP contribution is -2.55. The molecule has 1 aromatic carbocycles. The first kappa shape index (κ1) is 16.8. The molecule has 156 valence electrons. The number of rotatable bonds is 4. The van der Waals surface area contributed by atoms with Gasteiger partial charge in [0.1, 0.15) is 0 Å². The minimum Gasteiger partial charge on any atom is -0.456 e. The molecule has 0 aliphatic carbocycles. The van der Waals surface area contributed by atoms with Gasteiger partial charge in [-0.1, -0.05) is 0 Å². The van der Waals surface area contributed by atoms with Gasteiger partial charge >= 0.3 is 17.9 Å². The van der Waals surface area contributed by atoms with Crippen LogP contribution in [0.5, 0.6) is 0 Å². The molecule has 4 atom stereocenters. The largest absolute Gasteiger partial charge is 0.456 e. The molecule has 0 radical (unpaired) electrons. The number of ether oxygens (including phenoxy) is 4. The van der Waals surface area contributed by atoms with Gasteiger partial charge in [-0.3, -0.25) is 19.0 Å². The summed E-state index contributed by atoms with van der Waals surface area (Å²) in [5.41, 5.74) is 0.119. The standard InChI is InChI=1S/C18H18F2N2O7/c1-8(23)27-15-6-26-18(17(29-10(3)25)16(15)28-9(2)24)22-7-21-13-4-11(19)12(20)5-14(13)22/h4-5,7,15-18H,6H2,1-3H3/t15-,16-,17-,18?/m1/s1/i1D,2D,3D. The molecule has 9 nitrogen and oxygen atoms in total. The van der Waals surface area contributed by atoms with E-state index in [0.717, 1.165) is 18.5 Å². The highest BCUT2D eigenvalue weighted by Gasteiger charge is 2.48.